The van der Waals surface area contributed by atoms with Gasteiger partial charge in [0.2, 0.25) is 0 Å². The van der Waals surface area contributed by atoms with Crippen molar-refractivity contribution in [2.45, 2.75) is 52.4 Å². The molecule has 14 rings (SSSR count). The Bertz CT molecular complexity index is 3920. The fraction of sp³-hybridized carbons (Fsp3) is 0.118. The molecule has 0 saturated carbocycles. The Balaban J connectivity index is 1.03. The Hall–Kier alpha value is -7.41. The van der Waals surface area contributed by atoms with Crippen molar-refractivity contribution >= 4 is 143 Å². The molecule has 0 bridgehead atoms. The molecule has 378 valence electrons. The van der Waals surface area contributed by atoms with Crippen LogP contribution in [0.4, 0.5) is 51.2 Å². The first-order valence-electron chi connectivity index (χ1n) is 27.3. The highest BCUT2D eigenvalue weighted by Gasteiger charge is 2.48. The normalized spacial score (nSPS) is 13.2. The Morgan fingerprint density at radius 2 is 0.833 bits per heavy atom. The number of ether oxygens (including phenoxy) is 3. The van der Waals surface area contributed by atoms with Crippen LogP contribution in [0, 0.1) is 7.14 Å². The maximum atomic E-state index is 7.05. The maximum absolute atomic E-state index is 7.05. The van der Waals surface area contributed by atoms with E-state index in [0.717, 1.165) is 129 Å². The highest BCUT2D eigenvalue weighted by atomic mass is 127. The average Bonchev–Trinajstić information content (AvgIpc) is 1.78. The summed E-state index contributed by atoms with van der Waals surface area (Å²) in [5.41, 5.74) is 19.5. The third-order valence-corrected chi connectivity index (χ3v) is 17.3. The molecule has 10 heteroatoms. The second-order valence-electron chi connectivity index (χ2n) is 20.8. The van der Waals surface area contributed by atoms with Crippen molar-refractivity contribution < 1.29 is 14.2 Å². The molecule has 0 N–H and O–H groups in total. The molecule has 78 heavy (non-hydrogen) atoms. The summed E-state index contributed by atoms with van der Waals surface area (Å²) in [6.45, 7) is 4.20. The molecule has 0 fully saturated rings. The summed E-state index contributed by atoms with van der Waals surface area (Å²) in [7, 11) is 0. The number of benzene rings is 10. The standard InChI is InChI=1S/C68H53B2I2N3O3/c1-3-5-14-44-22-34-51(35-23-44)76-53-38-62-67-63(39-53)74(49-30-26-46(71)27-31-49)60-43-61-58(42-57(60)69(67)55-18-10-12-20-59(55)73(62)48-16-8-7-9-17-48)70-56-19-11-13-21-65(56)78-66-41-54(77-52-36-24-45(25-37-52)15-6-4-2)40-64(68(66)70)75(61)50-32-28-47(72)29-33-50/h7-13,16-43H,3-6,14-15H2,1-2H3. The van der Waals surface area contributed by atoms with Gasteiger partial charge in [0.25, 0.3) is 13.4 Å². The van der Waals surface area contributed by atoms with Crippen LogP contribution in [0.1, 0.15) is 50.7 Å². The van der Waals surface area contributed by atoms with Crippen LogP contribution >= 0.6 is 45.2 Å². The SMILES string of the molecule is CCCCc1ccc(Oc2cc3c4c(c2)N(c2ccc(I)cc2)c2cc5c(cc2B4c2ccccc2O3)B2c3ccccc3N(c3ccccc3)c3cc(Oc4ccc(CCCC)cc4)cc(c32)N5c2ccc(I)cc2)cc1. The monoisotopic (exact) mass is 1240 g/mol. The van der Waals surface area contributed by atoms with Crippen molar-refractivity contribution in [1.82, 2.24) is 0 Å². The van der Waals surface area contributed by atoms with Crippen molar-refractivity contribution in [2.75, 3.05) is 14.7 Å². The Morgan fingerprint density at radius 3 is 1.40 bits per heavy atom. The molecule has 4 heterocycles. The summed E-state index contributed by atoms with van der Waals surface area (Å²) in [5.74, 6) is 4.73. The molecular formula is C68H53B2I2N3O3. The number of hydrogen-bond donors (Lipinski definition) is 0. The minimum absolute atomic E-state index is 0.134. The number of nitrogens with zero attached hydrogens (tertiary/aromatic N) is 3. The van der Waals surface area contributed by atoms with Gasteiger partial charge in [0, 0.05) is 82.6 Å². The lowest BCUT2D eigenvalue weighted by atomic mass is 9.30. The van der Waals surface area contributed by atoms with Crippen molar-refractivity contribution in [3.8, 4) is 34.5 Å². The molecule has 0 unspecified atom stereocenters. The van der Waals surface area contributed by atoms with E-state index < -0.39 is 0 Å². The van der Waals surface area contributed by atoms with Gasteiger partial charge in [-0.15, -0.1) is 0 Å². The zero-order valence-electron chi connectivity index (χ0n) is 43.4. The van der Waals surface area contributed by atoms with E-state index in [-0.39, 0.29) is 13.4 Å². The molecule has 0 amide bonds. The molecule has 0 spiro atoms. The van der Waals surface area contributed by atoms with Gasteiger partial charge in [0.1, 0.15) is 34.5 Å². The summed E-state index contributed by atoms with van der Waals surface area (Å²) < 4.78 is 23.3. The third-order valence-electron chi connectivity index (χ3n) is 15.9. The van der Waals surface area contributed by atoms with Gasteiger partial charge in [-0.25, -0.2) is 0 Å². The van der Waals surface area contributed by atoms with Crippen molar-refractivity contribution in [2.24, 2.45) is 0 Å². The molecule has 0 saturated heterocycles. The number of para-hydroxylation sites is 3. The molecule has 0 radical (unpaired) electrons. The fourth-order valence-electron chi connectivity index (χ4n) is 12.3. The number of anilines is 9. The first-order valence-corrected chi connectivity index (χ1v) is 29.4. The second kappa shape index (κ2) is 20.4. The van der Waals surface area contributed by atoms with Gasteiger partial charge < -0.3 is 28.9 Å². The van der Waals surface area contributed by atoms with E-state index in [2.05, 4.69) is 286 Å². The third kappa shape index (κ3) is 8.63. The zero-order chi connectivity index (χ0) is 52.4. The molecule has 10 aromatic carbocycles. The molecule has 4 aliphatic rings. The molecule has 10 aromatic rings. The Kier molecular flexibility index (Phi) is 12.8. The van der Waals surface area contributed by atoms with Crippen molar-refractivity contribution in [3.63, 3.8) is 0 Å². The first kappa shape index (κ1) is 48.9. The minimum Gasteiger partial charge on any atom is -0.458 e. The molecule has 4 aliphatic heterocycles. The van der Waals surface area contributed by atoms with Gasteiger partial charge in [0.15, 0.2) is 0 Å². The fourth-order valence-corrected chi connectivity index (χ4v) is 13.0. The Labute approximate surface area is 485 Å². The van der Waals surface area contributed by atoms with Crippen LogP contribution in [0.3, 0.4) is 0 Å². The van der Waals surface area contributed by atoms with E-state index in [0.29, 0.717) is 5.75 Å². The Morgan fingerprint density at radius 1 is 0.372 bits per heavy atom. The predicted molar refractivity (Wildman–Crippen MR) is 342 cm³/mol. The lowest BCUT2D eigenvalue weighted by Gasteiger charge is -2.46. The zero-order valence-corrected chi connectivity index (χ0v) is 47.7. The summed E-state index contributed by atoms with van der Waals surface area (Å²) >= 11 is 4.84. The van der Waals surface area contributed by atoms with E-state index in [4.69, 9.17) is 14.2 Å². The number of unbranched alkanes of at least 4 members (excludes halogenated alkanes) is 2. The number of hydrogen-bond acceptors (Lipinski definition) is 6. The van der Waals surface area contributed by atoms with Gasteiger partial charge in [-0.2, -0.15) is 0 Å². The van der Waals surface area contributed by atoms with Gasteiger partial charge in [-0.3, -0.25) is 0 Å². The lowest BCUT2D eigenvalue weighted by Crippen LogP contribution is -2.64. The number of aryl methyl sites for hydroxylation is 2. The van der Waals surface area contributed by atoms with E-state index in [1.165, 1.54) is 40.1 Å². The highest BCUT2D eigenvalue weighted by Crippen LogP contribution is 2.50. The van der Waals surface area contributed by atoms with E-state index in [9.17, 15) is 0 Å². The number of rotatable bonds is 13. The topological polar surface area (TPSA) is 37.4 Å². The quantitative estimate of drug-likeness (QED) is 0.0846. The summed E-state index contributed by atoms with van der Waals surface area (Å²) in [6, 6.07) is 77.4. The van der Waals surface area contributed by atoms with Crippen LogP contribution in [-0.2, 0) is 12.8 Å². The highest BCUT2D eigenvalue weighted by molar-refractivity contribution is 14.1. The molecular weight excluding hydrogens is 1180 g/mol. The maximum Gasteiger partial charge on any atom is 0.256 e. The van der Waals surface area contributed by atoms with Gasteiger partial charge in [-0.1, -0.05) is 112 Å². The van der Waals surface area contributed by atoms with Gasteiger partial charge in [-0.05, 0) is 218 Å². The van der Waals surface area contributed by atoms with E-state index in [1.54, 1.807) is 0 Å². The van der Waals surface area contributed by atoms with Crippen LogP contribution in [0.2, 0.25) is 0 Å². The van der Waals surface area contributed by atoms with Crippen molar-refractivity contribution in [3.05, 3.63) is 231 Å². The summed E-state index contributed by atoms with van der Waals surface area (Å²) in [5, 5.41) is 0. The first-order chi connectivity index (χ1) is 38.4. The molecule has 0 aromatic heterocycles. The van der Waals surface area contributed by atoms with E-state index >= 15 is 0 Å². The van der Waals surface area contributed by atoms with Crippen LogP contribution in [0.15, 0.2) is 212 Å². The van der Waals surface area contributed by atoms with Crippen LogP contribution in [0.5, 0.6) is 34.5 Å². The van der Waals surface area contributed by atoms with Gasteiger partial charge in [0.05, 0.1) is 0 Å². The van der Waals surface area contributed by atoms with Gasteiger partial charge >= 0.3 is 0 Å². The van der Waals surface area contributed by atoms with Crippen LogP contribution in [-0.4, -0.2) is 13.4 Å². The predicted octanol–water partition coefficient (Wildman–Crippen LogP) is 15.7. The molecule has 0 aliphatic carbocycles. The largest absolute Gasteiger partial charge is 0.458 e. The molecule has 6 nitrogen and oxygen atoms in total. The van der Waals surface area contributed by atoms with Crippen LogP contribution < -0.4 is 61.7 Å². The number of halogens is 2. The lowest BCUT2D eigenvalue weighted by molar-refractivity contribution is 0.463. The average molecular weight is 1240 g/mol. The second-order valence-corrected chi connectivity index (χ2v) is 23.2. The van der Waals surface area contributed by atoms with Crippen molar-refractivity contribution in [1.29, 1.82) is 0 Å². The smallest absolute Gasteiger partial charge is 0.256 e. The minimum atomic E-state index is -0.149. The molecule has 0 atom stereocenters. The van der Waals surface area contributed by atoms with E-state index in [1.807, 2.05) is 0 Å². The summed E-state index contributed by atoms with van der Waals surface area (Å²) in [6.07, 6.45) is 6.75. The number of fused-ring (bicyclic) bond motifs is 8. The summed E-state index contributed by atoms with van der Waals surface area (Å²) in [4.78, 5) is 7.38. The van der Waals surface area contributed by atoms with Crippen LogP contribution in [0.25, 0.3) is 0 Å².